The molecule has 0 unspecified atom stereocenters. The third-order valence-electron chi connectivity index (χ3n) is 4.91. The zero-order chi connectivity index (χ0) is 21.0. The second kappa shape index (κ2) is 9.14. The lowest BCUT2D eigenvalue weighted by Gasteiger charge is -2.30. The van der Waals surface area contributed by atoms with E-state index in [4.69, 9.17) is 28.5 Å². The summed E-state index contributed by atoms with van der Waals surface area (Å²) in [4.78, 5) is 12.6. The maximum absolute atomic E-state index is 12.8. The first-order valence-corrected chi connectivity index (χ1v) is 11.2. The molecule has 1 amide bonds. The van der Waals surface area contributed by atoms with Crippen LogP contribution in [0, 0.1) is 17.2 Å². The van der Waals surface area contributed by atoms with Gasteiger partial charge >= 0.3 is 0 Å². The highest BCUT2D eigenvalue weighted by molar-refractivity contribution is 7.89. The molecule has 3 rings (SSSR count). The van der Waals surface area contributed by atoms with Crippen molar-refractivity contribution in [3.8, 4) is 6.07 Å². The van der Waals surface area contributed by atoms with Crippen LogP contribution in [0.15, 0.2) is 47.4 Å². The molecule has 1 aliphatic heterocycles. The summed E-state index contributed by atoms with van der Waals surface area (Å²) in [5, 5.41) is 12.7. The Kier molecular flexibility index (Phi) is 6.81. The van der Waals surface area contributed by atoms with E-state index >= 15 is 0 Å². The van der Waals surface area contributed by atoms with E-state index < -0.39 is 10.0 Å². The normalized spacial score (nSPS) is 15.6. The minimum atomic E-state index is -3.64. The lowest BCUT2D eigenvalue weighted by molar-refractivity contribution is -0.126. The summed E-state index contributed by atoms with van der Waals surface area (Å²) < 4.78 is 26.9. The van der Waals surface area contributed by atoms with E-state index in [1.807, 2.05) is 6.07 Å². The number of amides is 1. The molecule has 29 heavy (non-hydrogen) atoms. The fraction of sp³-hybridized carbons (Fsp3) is 0.300. The molecule has 1 heterocycles. The quantitative estimate of drug-likeness (QED) is 0.751. The van der Waals surface area contributed by atoms with E-state index in [0.717, 1.165) is 5.56 Å². The van der Waals surface area contributed by atoms with E-state index in [1.165, 1.54) is 28.6 Å². The van der Waals surface area contributed by atoms with Gasteiger partial charge < -0.3 is 5.32 Å². The number of nitriles is 1. The van der Waals surface area contributed by atoms with E-state index in [2.05, 4.69) is 5.32 Å². The minimum Gasteiger partial charge on any atom is -0.352 e. The molecule has 2 aromatic carbocycles. The molecular weight excluding hydrogens is 433 g/mol. The molecule has 1 N–H and O–H groups in total. The molecular formula is C20H19Cl2N3O3S. The molecule has 0 bridgehead atoms. The van der Waals surface area contributed by atoms with Gasteiger partial charge in [-0.3, -0.25) is 4.79 Å². The van der Waals surface area contributed by atoms with Crippen molar-refractivity contribution in [3.05, 3.63) is 63.6 Å². The molecule has 0 spiro atoms. The Balaban J connectivity index is 1.56. The molecule has 6 nitrogen and oxygen atoms in total. The molecule has 0 radical (unpaired) electrons. The third kappa shape index (κ3) is 5.09. The lowest BCUT2D eigenvalue weighted by Crippen LogP contribution is -2.42. The Hall–Kier alpha value is -2.11. The van der Waals surface area contributed by atoms with Gasteiger partial charge in [0, 0.05) is 35.6 Å². The van der Waals surface area contributed by atoms with Crippen molar-refractivity contribution in [2.45, 2.75) is 24.3 Å². The Morgan fingerprint density at radius 1 is 1.14 bits per heavy atom. The first-order chi connectivity index (χ1) is 13.8. The number of piperidine rings is 1. The predicted octanol–water partition coefficient (Wildman–Crippen LogP) is 3.58. The molecule has 152 valence electrons. The first kappa shape index (κ1) is 21.6. The van der Waals surface area contributed by atoms with Gasteiger partial charge in [-0.25, -0.2) is 8.42 Å². The summed E-state index contributed by atoms with van der Waals surface area (Å²) in [6, 6.07) is 12.9. The van der Waals surface area contributed by atoms with Gasteiger partial charge in [-0.05, 0) is 54.8 Å². The maximum atomic E-state index is 12.8. The molecule has 1 fully saturated rings. The number of nitrogens with zero attached hydrogens (tertiary/aromatic N) is 2. The summed E-state index contributed by atoms with van der Waals surface area (Å²) in [6.45, 7) is 0.822. The lowest BCUT2D eigenvalue weighted by atomic mass is 9.97. The number of hydrogen-bond donors (Lipinski definition) is 1. The van der Waals surface area contributed by atoms with Crippen molar-refractivity contribution >= 4 is 39.1 Å². The third-order valence-corrected chi connectivity index (χ3v) is 7.41. The van der Waals surface area contributed by atoms with Crippen molar-refractivity contribution in [1.29, 1.82) is 5.26 Å². The van der Waals surface area contributed by atoms with Crippen LogP contribution in [0.25, 0.3) is 0 Å². The van der Waals surface area contributed by atoms with E-state index in [1.54, 1.807) is 18.2 Å². The van der Waals surface area contributed by atoms with Crippen LogP contribution in [0.5, 0.6) is 0 Å². The summed E-state index contributed by atoms with van der Waals surface area (Å²) in [5.74, 6) is -0.375. The SMILES string of the molecule is N#Cc1ccc(S(=O)(=O)N2CCC(C(=O)NCc3ccc(Cl)cc3Cl)CC2)cc1. The number of carbonyl (C=O) groups is 1. The molecule has 0 atom stereocenters. The van der Waals surface area contributed by atoms with Crippen LogP contribution < -0.4 is 5.32 Å². The smallest absolute Gasteiger partial charge is 0.243 e. The molecule has 1 aliphatic rings. The van der Waals surface area contributed by atoms with Gasteiger partial charge in [0.15, 0.2) is 0 Å². The number of sulfonamides is 1. The number of rotatable bonds is 5. The monoisotopic (exact) mass is 451 g/mol. The van der Waals surface area contributed by atoms with Gasteiger partial charge in [-0.1, -0.05) is 29.3 Å². The van der Waals surface area contributed by atoms with Crippen LogP contribution in [-0.4, -0.2) is 31.7 Å². The van der Waals surface area contributed by atoms with Crippen LogP contribution in [0.4, 0.5) is 0 Å². The van der Waals surface area contributed by atoms with E-state index in [9.17, 15) is 13.2 Å². The second-order valence-electron chi connectivity index (χ2n) is 6.77. The maximum Gasteiger partial charge on any atom is 0.243 e. The molecule has 9 heteroatoms. The van der Waals surface area contributed by atoms with Crippen LogP contribution in [-0.2, 0) is 21.4 Å². The van der Waals surface area contributed by atoms with Gasteiger partial charge in [-0.2, -0.15) is 9.57 Å². The Morgan fingerprint density at radius 3 is 2.38 bits per heavy atom. The van der Waals surface area contributed by atoms with Gasteiger partial charge in [0.25, 0.3) is 0 Å². The van der Waals surface area contributed by atoms with Crippen LogP contribution >= 0.6 is 23.2 Å². The average molecular weight is 452 g/mol. The second-order valence-corrected chi connectivity index (χ2v) is 9.55. The minimum absolute atomic E-state index is 0.119. The zero-order valence-electron chi connectivity index (χ0n) is 15.4. The first-order valence-electron chi connectivity index (χ1n) is 9.03. The number of hydrogen-bond acceptors (Lipinski definition) is 4. The number of nitrogens with one attached hydrogen (secondary N) is 1. The van der Waals surface area contributed by atoms with Crippen molar-refractivity contribution in [1.82, 2.24) is 9.62 Å². The summed E-state index contributed by atoms with van der Waals surface area (Å²) >= 11 is 12.0. The zero-order valence-corrected chi connectivity index (χ0v) is 17.8. The summed E-state index contributed by atoms with van der Waals surface area (Å²) in [7, 11) is -3.64. The Labute approximate surface area is 180 Å². The predicted molar refractivity (Wildman–Crippen MR) is 111 cm³/mol. The fourth-order valence-electron chi connectivity index (χ4n) is 3.20. The van der Waals surface area contributed by atoms with Crippen molar-refractivity contribution < 1.29 is 13.2 Å². The van der Waals surface area contributed by atoms with Gasteiger partial charge in [0.2, 0.25) is 15.9 Å². The molecule has 1 saturated heterocycles. The van der Waals surface area contributed by atoms with Gasteiger partial charge in [0.05, 0.1) is 16.5 Å². The van der Waals surface area contributed by atoms with E-state index in [-0.39, 0.29) is 29.8 Å². The number of halogens is 2. The van der Waals surface area contributed by atoms with Crippen LogP contribution in [0.3, 0.4) is 0 Å². The molecule has 2 aromatic rings. The summed E-state index contributed by atoms with van der Waals surface area (Å²) in [6.07, 6.45) is 0.880. The standard InChI is InChI=1S/C20H19Cl2N3O3S/c21-17-4-3-16(19(22)11-17)13-24-20(26)15-7-9-25(10-8-15)29(27,28)18-5-1-14(12-23)2-6-18/h1-6,11,15H,7-10,13H2,(H,24,26). The van der Waals surface area contributed by atoms with E-state index in [0.29, 0.717) is 35.0 Å². The van der Waals surface area contributed by atoms with Crippen molar-refractivity contribution in [2.24, 2.45) is 5.92 Å². The highest BCUT2D eigenvalue weighted by atomic mass is 35.5. The Bertz CT molecular complexity index is 1040. The highest BCUT2D eigenvalue weighted by Gasteiger charge is 2.32. The van der Waals surface area contributed by atoms with Crippen LogP contribution in [0.2, 0.25) is 10.0 Å². The average Bonchev–Trinajstić information content (AvgIpc) is 2.73. The topological polar surface area (TPSA) is 90.3 Å². The van der Waals surface area contributed by atoms with Crippen LogP contribution in [0.1, 0.15) is 24.0 Å². The van der Waals surface area contributed by atoms with Crippen molar-refractivity contribution in [3.63, 3.8) is 0 Å². The molecule has 0 aliphatic carbocycles. The molecule has 0 saturated carbocycles. The van der Waals surface area contributed by atoms with Gasteiger partial charge in [-0.15, -0.1) is 0 Å². The number of benzene rings is 2. The largest absolute Gasteiger partial charge is 0.352 e. The van der Waals surface area contributed by atoms with Gasteiger partial charge in [0.1, 0.15) is 0 Å². The fourth-order valence-corrected chi connectivity index (χ4v) is 5.15. The molecule has 0 aromatic heterocycles. The highest BCUT2D eigenvalue weighted by Crippen LogP contribution is 2.25. The van der Waals surface area contributed by atoms with Crippen molar-refractivity contribution in [2.75, 3.05) is 13.1 Å². The number of carbonyl (C=O) groups excluding carboxylic acids is 1. The summed E-state index contributed by atoms with van der Waals surface area (Å²) in [5.41, 5.74) is 1.17. The Morgan fingerprint density at radius 2 is 1.79 bits per heavy atom.